The minimum atomic E-state index is -0.458. The molecule has 2 amide bonds. The molecule has 4 rings (SSSR count). The molecule has 1 atom stereocenters. The molecule has 9 heteroatoms. The van der Waals surface area contributed by atoms with Crippen molar-refractivity contribution >= 4 is 12.2 Å². The number of hydrogen-bond acceptors (Lipinski definition) is 7. The Morgan fingerprint density at radius 1 is 1.28 bits per heavy atom. The van der Waals surface area contributed by atoms with E-state index in [-0.39, 0.29) is 12.3 Å². The highest BCUT2D eigenvalue weighted by molar-refractivity contribution is 5.88. The van der Waals surface area contributed by atoms with Crippen molar-refractivity contribution in [3.8, 4) is 0 Å². The standard InChI is InChI=1S/C20H34N6O3/c1-20(2)16-11-22-18(23-15-5-9-29-10-6-15)24-17(16)13-25(20)19(27)26(21)12-14-3-7-28-8-4-14/h11,14-15,18,23-24H,3-10,12-13,21H2,1-2H3. The highest BCUT2D eigenvalue weighted by atomic mass is 16.5. The fourth-order valence-corrected chi connectivity index (χ4v) is 4.59. The van der Waals surface area contributed by atoms with E-state index in [9.17, 15) is 4.79 Å². The van der Waals surface area contributed by atoms with Gasteiger partial charge in [0.1, 0.15) is 0 Å². The molecular formula is C20H34N6O3. The number of amides is 2. The Labute approximate surface area is 172 Å². The predicted molar refractivity (Wildman–Crippen MR) is 110 cm³/mol. The fraction of sp³-hybridized carbons (Fsp3) is 0.800. The molecule has 4 aliphatic heterocycles. The number of ether oxygens (including phenoxy) is 2. The summed E-state index contributed by atoms with van der Waals surface area (Å²) in [5, 5.41) is 8.41. The van der Waals surface area contributed by atoms with E-state index in [0.29, 0.717) is 25.0 Å². The molecule has 0 aromatic carbocycles. The Hall–Kier alpha value is -1.68. The first-order valence-corrected chi connectivity index (χ1v) is 10.7. The molecule has 29 heavy (non-hydrogen) atoms. The number of nitrogens with zero attached hydrogens (tertiary/aromatic N) is 3. The maximum atomic E-state index is 13.1. The number of nitrogens with one attached hydrogen (secondary N) is 2. The number of rotatable bonds is 4. The molecule has 0 aliphatic carbocycles. The normalized spacial score (nSPS) is 27.7. The Kier molecular flexibility index (Phi) is 6.10. The van der Waals surface area contributed by atoms with Crippen LogP contribution in [0.2, 0.25) is 0 Å². The SMILES string of the molecule is CC1(C)C2=C(CN1C(=O)N(N)CC1CCOCC1)NC(NC1CCOCC1)N=C2. The number of hydrazine groups is 1. The summed E-state index contributed by atoms with van der Waals surface area (Å²) in [5.41, 5.74) is 1.64. The van der Waals surface area contributed by atoms with Gasteiger partial charge in [-0.15, -0.1) is 0 Å². The highest BCUT2D eigenvalue weighted by Gasteiger charge is 2.44. The first kappa shape index (κ1) is 20.6. The quantitative estimate of drug-likeness (QED) is 0.362. The number of aliphatic imine (C=N–C) groups is 1. The van der Waals surface area contributed by atoms with Gasteiger partial charge in [-0.2, -0.15) is 0 Å². The van der Waals surface area contributed by atoms with Crippen LogP contribution in [-0.2, 0) is 9.47 Å². The number of carbonyl (C=O) groups excluding carboxylic acids is 1. The lowest BCUT2D eigenvalue weighted by atomic mass is 9.95. The Bertz CT molecular complexity index is 667. The van der Waals surface area contributed by atoms with E-state index in [4.69, 9.17) is 15.3 Å². The summed E-state index contributed by atoms with van der Waals surface area (Å²) in [6, 6.07) is 0.256. The third-order valence-corrected chi connectivity index (χ3v) is 6.53. The van der Waals surface area contributed by atoms with Crippen molar-refractivity contribution in [2.24, 2.45) is 16.8 Å². The van der Waals surface area contributed by atoms with Crippen LogP contribution in [0.1, 0.15) is 39.5 Å². The zero-order valence-electron chi connectivity index (χ0n) is 17.5. The van der Waals surface area contributed by atoms with Gasteiger partial charge in [0.05, 0.1) is 12.1 Å². The van der Waals surface area contributed by atoms with Gasteiger partial charge in [0.2, 0.25) is 0 Å². The molecule has 4 aliphatic rings. The summed E-state index contributed by atoms with van der Waals surface area (Å²) >= 11 is 0. The highest BCUT2D eigenvalue weighted by Crippen LogP contribution is 2.34. The fourth-order valence-electron chi connectivity index (χ4n) is 4.59. The summed E-state index contributed by atoms with van der Waals surface area (Å²) in [6.45, 7) is 8.26. The van der Waals surface area contributed by atoms with E-state index < -0.39 is 5.54 Å². The van der Waals surface area contributed by atoms with Crippen LogP contribution in [-0.4, -0.2) is 79.5 Å². The molecule has 2 saturated heterocycles. The number of urea groups is 1. The van der Waals surface area contributed by atoms with Crippen LogP contribution in [0.15, 0.2) is 16.3 Å². The van der Waals surface area contributed by atoms with E-state index in [1.807, 2.05) is 11.1 Å². The second-order valence-electron chi connectivity index (χ2n) is 8.91. The van der Waals surface area contributed by atoms with Gasteiger partial charge in [0.15, 0.2) is 6.29 Å². The lowest BCUT2D eigenvalue weighted by Gasteiger charge is -2.37. The molecule has 0 spiro atoms. The molecule has 0 bridgehead atoms. The van der Waals surface area contributed by atoms with Crippen molar-refractivity contribution in [2.75, 3.05) is 39.5 Å². The summed E-state index contributed by atoms with van der Waals surface area (Å²) < 4.78 is 10.8. The number of nitrogens with two attached hydrogens (primary N) is 1. The molecule has 4 heterocycles. The monoisotopic (exact) mass is 406 g/mol. The van der Waals surface area contributed by atoms with E-state index in [2.05, 4.69) is 29.5 Å². The van der Waals surface area contributed by atoms with Gasteiger partial charge in [0.25, 0.3) is 0 Å². The average Bonchev–Trinajstić information content (AvgIpc) is 2.99. The van der Waals surface area contributed by atoms with Crippen LogP contribution in [0, 0.1) is 5.92 Å². The molecule has 162 valence electrons. The van der Waals surface area contributed by atoms with Crippen LogP contribution >= 0.6 is 0 Å². The van der Waals surface area contributed by atoms with Crippen LogP contribution in [0.25, 0.3) is 0 Å². The molecule has 0 saturated carbocycles. The molecule has 0 radical (unpaired) electrons. The second kappa shape index (κ2) is 8.59. The maximum absolute atomic E-state index is 13.1. The smallest absolute Gasteiger partial charge is 0.335 e. The lowest BCUT2D eigenvalue weighted by molar-refractivity contribution is 0.0517. The lowest BCUT2D eigenvalue weighted by Crippen LogP contribution is -2.55. The van der Waals surface area contributed by atoms with Crippen molar-refractivity contribution < 1.29 is 14.3 Å². The summed E-state index contributed by atoms with van der Waals surface area (Å²) in [5.74, 6) is 6.60. The van der Waals surface area contributed by atoms with Gasteiger partial charge in [0, 0.05) is 56.5 Å². The molecule has 9 nitrogen and oxygen atoms in total. The molecular weight excluding hydrogens is 372 g/mol. The summed E-state index contributed by atoms with van der Waals surface area (Å²) in [6.07, 6.45) is 5.63. The van der Waals surface area contributed by atoms with Gasteiger partial charge >= 0.3 is 6.03 Å². The minimum absolute atomic E-state index is 0.139. The van der Waals surface area contributed by atoms with Crippen LogP contribution in [0.4, 0.5) is 4.79 Å². The third kappa shape index (κ3) is 4.42. The Morgan fingerprint density at radius 2 is 1.93 bits per heavy atom. The van der Waals surface area contributed by atoms with Gasteiger partial charge in [-0.3, -0.25) is 15.3 Å². The van der Waals surface area contributed by atoms with Gasteiger partial charge in [-0.1, -0.05) is 0 Å². The maximum Gasteiger partial charge on any atom is 0.335 e. The van der Waals surface area contributed by atoms with Crippen LogP contribution < -0.4 is 16.5 Å². The van der Waals surface area contributed by atoms with E-state index in [0.717, 1.165) is 63.4 Å². The van der Waals surface area contributed by atoms with Gasteiger partial charge < -0.3 is 19.7 Å². The van der Waals surface area contributed by atoms with Crippen molar-refractivity contribution in [1.29, 1.82) is 0 Å². The van der Waals surface area contributed by atoms with E-state index in [1.54, 1.807) is 0 Å². The second-order valence-corrected chi connectivity index (χ2v) is 8.91. The summed E-state index contributed by atoms with van der Waals surface area (Å²) in [4.78, 5) is 19.6. The molecule has 0 aromatic rings. The zero-order valence-corrected chi connectivity index (χ0v) is 17.5. The number of carbonyl (C=O) groups is 1. The molecule has 4 N–H and O–H groups in total. The van der Waals surface area contributed by atoms with Crippen molar-refractivity contribution in [3.63, 3.8) is 0 Å². The first-order chi connectivity index (χ1) is 13.9. The minimum Gasteiger partial charge on any atom is -0.381 e. The van der Waals surface area contributed by atoms with E-state index in [1.165, 1.54) is 5.01 Å². The van der Waals surface area contributed by atoms with Crippen molar-refractivity contribution in [3.05, 3.63) is 11.3 Å². The third-order valence-electron chi connectivity index (χ3n) is 6.53. The molecule has 1 unspecified atom stereocenters. The predicted octanol–water partition coefficient (Wildman–Crippen LogP) is 0.783. The largest absolute Gasteiger partial charge is 0.381 e. The summed E-state index contributed by atoms with van der Waals surface area (Å²) in [7, 11) is 0. The first-order valence-electron chi connectivity index (χ1n) is 10.7. The van der Waals surface area contributed by atoms with Gasteiger partial charge in [-0.25, -0.2) is 10.6 Å². The van der Waals surface area contributed by atoms with Crippen LogP contribution in [0.3, 0.4) is 0 Å². The average molecular weight is 407 g/mol. The topological polar surface area (TPSA) is 104 Å². The van der Waals surface area contributed by atoms with Crippen LogP contribution in [0.5, 0.6) is 0 Å². The van der Waals surface area contributed by atoms with E-state index >= 15 is 0 Å². The van der Waals surface area contributed by atoms with Crippen molar-refractivity contribution in [1.82, 2.24) is 20.5 Å². The van der Waals surface area contributed by atoms with Crippen molar-refractivity contribution in [2.45, 2.75) is 57.4 Å². The Morgan fingerprint density at radius 3 is 2.62 bits per heavy atom. The Balaban J connectivity index is 1.36. The van der Waals surface area contributed by atoms with Gasteiger partial charge in [-0.05, 0) is 45.4 Å². The number of hydrogen-bond donors (Lipinski definition) is 3. The zero-order chi connectivity index (χ0) is 20.4. The molecule has 2 fully saturated rings. The molecule has 0 aromatic heterocycles.